The first-order chi connectivity index (χ1) is 17.2. The fraction of sp³-hybridized carbons (Fsp3) is 0.417. The molecule has 0 aromatic heterocycles. The molecule has 37 heavy (non-hydrogen) atoms. The first-order valence-electron chi connectivity index (χ1n) is 11.0. The van der Waals surface area contributed by atoms with Crippen molar-refractivity contribution in [3.8, 4) is 0 Å². The van der Waals surface area contributed by atoms with Crippen LogP contribution in [0.3, 0.4) is 0 Å². The molecule has 0 N–H and O–H groups in total. The van der Waals surface area contributed by atoms with Crippen LogP contribution in [0.15, 0.2) is 42.5 Å². The molecule has 0 saturated carbocycles. The van der Waals surface area contributed by atoms with E-state index in [4.69, 9.17) is 21.1 Å². The van der Waals surface area contributed by atoms with Crippen molar-refractivity contribution in [2.45, 2.75) is 50.2 Å². The fourth-order valence-electron chi connectivity index (χ4n) is 4.25. The molecule has 202 valence electrons. The molecule has 1 aliphatic rings. The number of carbonyl (C=O) groups is 2. The summed E-state index contributed by atoms with van der Waals surface area (Å²) in [5.41, 5.74) is -2.81. The lowest BCUT2D eigenvalue weighted by Crippen LogP contribution is -2.54. The first-order valence-corrected chi connectivity index (χ1v) is 11.5. The maximum atomic E-state index is 13.4. The molecule has 2 aromatic carbocycles. The molecule has 2 aromatic rings. The van der Waals surface area contributed by atoms with Gasteiger partial charge < -0.3 is 9.47 Å². The van der Waals surface area contributed by atoms with E-state index in [0.717, 1.165) is 12.0 Å². The van der Waals surface area contributed by atoms with Gasteiger partial charge in [-0.3, -0.25) is 9.80 Å². The van der Waals surface area contributed by atoms with Gasteiger partial charge in [0.15, 0.2) is 0 Å². The lowest BCUT2D eigenvalue weighted by molar-refractivity contribution is -0.143. The summed E-state index contributed by atoms with van der Waals surface area (Å²) in [5.74, 6) is 0. The molecule has 3 atom stereocenters. The smallest absolute Gasteiger partial charge is 0.416 e. The Bertz CT molecular complexity index is 1120. The molecule has 1 aliphatic heterocycles. The Hall–Kier alpha value is -3.15. The van der Waals surface area contributed by atoms with Crippen LogP contribution in [0.5, 0.6) is 0 Å². The molecule has 0 aliphatic carbocycles. The van der Waals surface area contributed by atoms with E-state index in [9.17, 15) is 35.9 Å². The van der Waals surface area contributed by atoms with Gasteiger partial charge in [0.05, 0.1) is 48.0 Å². The van der Waals surface area contributed by atoms with Gasteiger partial charge >= 0.3 is 24.5 Å². The second-order valence-electron chi connectivity index (χ2n) is 8.27. The van der Waals surface area contributed by atoms with Gasteiger partial charge in [-0.2, -0.15) is 26.3 Å². The number of carbonyl (C=O) groups excluding carboxylic acids is 2. The van der Waals surface area contributed by atoms with Crippen LogP contribution in [0.25, 0.3) is 0 Å². The van der Waals surface area contributed by atoms with E-state index >= 15 is 0 Å². The van der Waals surface area contributed by atoms with E-state index in [1.165, 1.54) is 4.90 Å². The van der Waals surface area contributed by atoms with E-state index in [1.807, 2.05) is 0 Å². The quantitative estimate of drug-likeness (QED) is 0.302. The van der Waals surface area contributed by atoms with Gasteiger partial charge in [-0.05, 0) is 43.7 Å². The Labute approximate surface area is 213 Å². The fourth-order valence-corrected chi connectivity index (χ4v) is 4.64. The van der Waals surface area contributed by atoms with Crippen LogP contribution in [-0.2, 0) is 28.4 Å². The number of amides is 2. The van der Waals surface area contributed by atoms with Crippen LogP contribution in [0.1, 0.15) is 42.1 Å². The Kier molecular flexibility index (Phi) is 8.21. The average Bonchev–Trinajstić information content (AvgIpc) is 2.82. The van der Waals surface area contributed by atoms with Crippen LogP contribution >= 0.6 is 11.6 Å². The van der Waals surface area contributed by atoms with Gasteiger partial charge in [0.2, 0.25) is 0 Å². The Morgan fingerprint density at radius 1 is 1.03 bits per heavy atom. The third-order valence-electron chi connectivity index (χ3n) is 5.89. The Balaban J connectivity index is 2.14. The zero-order chi connectivity index (χ0) is 27.7. The van der Waals surface area contributed by atoms with Crippen molar-refractivity contribution in [3.05, 3.63) is 64.7 Å². The highest BCUT2D eigenvalue weighted by molar-refractivity contribution is 6.22. The molecule has 0 saturated heterocycles. The third kappa shape index (κ3) is 5.89. The second-order valence-corrected chi connectivity index (χ2v) is 8.77. The van der Waals surface area contributed by atoms with E-state index in [-0.39, 0.29) is 12.7 Å². The molecule has 0 bridgehead atoms. The highest BCUT2D eigenvalue weighted by Crippen LogP contribution is 2.44. The summed E-state index contributed by atoms with van der Waals surface area (Å²) in [6, 6.07) is 5.57. The number of methoxy groups -OCH3 is 1. The minimum atomic E-state index is -5.06. The molecular weight excluding hydrogens is 530 g/mol. The Morgan fingerprint density at radius 2 is 1.59 bits per heavy atom. The van der Waals surface area contributed by atoms with E-state index < -0.39 is 65.2 Å². The normalized spacial score (nSPS) is 19.7. The standard InChI is InChI=1S/C24H23ClF6N2O4/c1-4-37-22(35)33-13(2)19(25)20(17-7-5-6-8-18(17)33)32(21(34)36-3)12-14-9-15(23(26,27)28)11-16(10-14)24(29,30)31/h5-11,13,19-20H,4,12H2,1-3H3/t13-,19?,20+/m1/s1. The summed E-state index contributed by atoms with van der Waals surface area (Å²) in [5, 5.41) is -1.04. The summed E-state index contributed by atoms with van der Waals surface area (Å²) >= 11 is 6.71. The van der Waals surface area contributed by atoms with Crippen LogP contribution in [0, 0.1) is 0 Å². The minimum absolute atomic E-state index is 0.00549. The maximum absolute atomic E-state index is 13.4. The molecule has 3 rings (SSSR count). The summed E-state index contributed by atoms with van der Waals surface area (Å²) < 4.78 is 90.4. The first kappa shape index (κ1) is 28.4. The Morgan fingerprint density at radius 3 is 2.11 bits per heavy atom. The molecule has 0 fully saturated rings. The second kappa shape index (κ2) is 10.7. The number of rotatable bonds is 4. The van der Waals surface area contributed by atoms with Gasteiger partial charge in [0.1, 0.15) is 0 Å². The number of ether oxygens (including phenoxy) is 2. The van der Waals surface area contributed by atoms with Crippen molar-refractivity contribution in [2.75, 3.05) is 18.6 Å². The molecule has 1 unspecified atom stereocenters. The van der Waals surface area contributed by atoms with Crippen molar-refractivity contribution in [1.29, 1.82) is 0 Å². The number of nitrogens with zero attached hydrogens (tertiary/aromatic N) is 2. The molecule has 6 nitrogen and oxygen atoms in total. The number of fused-ring (bicyclic) bond motifs is 1. The zero-order valence-corrected chi connectivity index (χ0v) is 20.6. The molecule has 1 heterocycles. The zero-order valence-electron chi connectivity index (χ0n) is 19.9. The molecule has 2 amide bonds. The number of para-hydroxylation sites is 1. The van der Waals surface area contributed by atoms with Crippen LogP contribution in [0.2, 0.25) is 0 Å². The number of benzene rings is 2. The van der Waals surface area contributed by atoms with Gasteiger partial charge in [-0.1, -0.05) is 18.2 Å². The van der Waals surface area contributed by atoms with Crippen molar-refractivity contribution in [2.24, 2.45) is 0 Å². The average molecular weight is 553 g/mol. The van der Waals surface area contributed by atoms with E-state index in [2.05, 4.69) is 0 Å². The van der Waals surface area contributed by atoms with Gasteiger partial charge in [0.25, 0.3) is 0 Å². The van der Waals surface area contributed by atoms with Crippen LogP contribution in [0.4, 0.5) is 41.6 Å². The summed E-state index contributed by atoms with van der Waals surface area (Å²) in [6.45, 7) is 2.58. The van der Waals surface area contributed by atoms with E-state index in [1.54, 1.807) is 38.1 Å². The largest absolute Gasteiger partial charge is 0.453 e. The predicted molar refractivity (Wildman–Crippen MR) is 122 cm³/mol. The third-order valence-corrected chi connectivity index (χ3v) is 6.50. The monoisotopic (exact) mass is 552 g/mol. The van der Waals surface area contributed by atoms with Crippen molar-refractivity contribution in [3.63, 3.8) is 0 Å². The van der Waals surface area contributed by atoms with Crippen molar-refractivity contribution >= 4 is 29.5 Å². The van der Waals surface area contributed by atoms with Crippen LogP contribution < -0.4 is 4.90 Å². The lowest BCUT2D eigenvalue weighted by atomic mass is 9.90. The topological polar surface area (TPSA) is 59.1 Å². The highest BCUT2D eigenvalue weighted by Gasteiger charge is 2.45. The predicted octanol–water partition coefficient (Wildman–Crippen LogP) is 7.01. The summed E-state index contributed by atoms with van der Waals surface area (Å²) in [6.07, 6.45) is -11.9. The number of anilines is 1. The maximum Gasteiger partial charge on any atom is 0.416 e. The lowest BCUT2D eigenvalue weighted by Gasteiger charge is -2.45. The van der Waals surface area contributed by atoms with E-state index in [0.29, 0.717) is 23.4 Å². The minimum Gasteiger partial charge on any atom is -0.453 e. The molecule has 13 heteroatoms. The van der Waals surface area contributed by atoms with Crippen molar-refractivity contribution in [1.82, 2.24) is 4.90 Å². The summed E-state index contributed by atoms with van der Waals surface area (Å²) in [4.78, 5) is 27.8. The molecule has 0 radical (unpaired) electrons. The summed E-state index contributed by atoms with van der Waals surface area (Å²) in [7, 11) is 1.02. The number of halogens is 7. The van der Waals surface area contributed by atoms with Gasteiger partial charge in [0, 0.05) is 12.1 Å². The van der Waals surface area contributed by atoms with Gasteiger partial charge in [-0.25, -0.2) is 9.59 Å². The molecule has 0 spiro atoms. The highest BCUT2D eigenvalue weighted by atomic mass is 35.5. The van der Waals surface area contributed by atoms with Crippen LogP contribution in [-0.4, -0.2) is 42.2 Å². The van der Waals surface area contributed by atoms with Crippen molar-refractivity contribution < 1.29 is 45.4 Å². The number of hydrogen-bond donors (Lipinski definition) is 0. The number of alkyl halides is 7. The SMILES string of the molecule is CCOC(=O)N1c2ccccc2[C@H](N(Cc2cc(C(F)(F)F)cc(C(F)(F)F)c2)C(=O)OC)C(Cl)[C@H]1C. The number of hydrogen-bond acceptors (Lipinski definition) is 4. The molecular formula is C24H23ClF6N2O4. The van der Waals surface area contributed by atoms with Gasteiger partial charge in [-0.15, -0.1) is 11.6 Å².